The van der Waals surface area contributed by atoms with Crippen molar-refractivity contribution in [1.29, 1.82) is 0 Å². The van der Waals surface area contributed by atoms with Crippen LogP contribution in [0.15, 0.2) is 12.3 Å². The van der Waals surface area contributed by atoms with Crippen molar-refractivity contribution < 1.29 is 4.74 Å². The molecule has 1 saturated carbocycles. The van der Waals surface area contributed by atoms with Crippen LogP contribution in [0.2, 0.25) is 0 Å². The van der Waals surface area contributed by atoms with Gasteiger partial charge in [0.2, 0.25) is 0 Å². The van der Waals surface area contributed by atoms with Crippen LogP contribution in [0.3, 0.4) is 0 Å². The van der Waals surface area contributed by atoms with E-state index in [1.165, 1.54) is 31.4 Å². The zero-order valence-corrected chi connectivity index (χ0v) is 12.3. The van der Waals surface area contributed by atoms with Gasteiger partial charge in [0.15, 0.2) is 0 Å². The molecule has 0 amide bonds. The Morgan fingerprint density at radius 1 is 1.47 bits per heavy atom. The highest BCUT2D eigenvalue weighted by Gasteiger charge is 2.17. The van der Waals surface area contributed by atoms with Gasteiger partial charge in [-0.2, -0.15) is 5.10 Å². The summed E-state index contributed by atoms with van der Waals surface area (Å²) in [6.45, 7) is 5.01. The summed E-state index contributed by atoms with van der Waals surface area (Å²) in [5.74, 6) is 0.615. The van der Waals surface area contributed by atoms with Crippen molar-refractivity contribution >= 4 is 0 Å². The van der Waals surface area contributed by atoms with E-state index in [-0.39, 0.29) is 0 Å². The van der Waals surface area contributed by atoms with Gasteiger partial charge in [0.1, 0.15) is 0 Å². The van der Waals surface area contributed by atoms with E-state index in [9.17, 15) is 0 Å². The molecule has 2 rings (SSSR count). The molecular formula is C15H27N3O. The van der Waals surface area contributed by atoms with Crippen LogP contribution in [0.1, 0.15) is 44.3 Å². The Balaban J connectivity index is 1.72. The second-order valence-electron chi connectivity index (χ2n) is 5.73. The molecule has 4 heteroatoms. The van der Waals surface area contributed by atoms with Crippen LogP contribution in [0.4, 0.5) is 0 Å². The first kappa shape index (κ1) is 14.5. The van der Waals surface area contributed by atoms with Crippen LogP contribution >= 0.6 is 0 Å². The van der Waals surface area contributed by atoms with Gasteiger partial charge < -0.3 is 10.1 Å². The van der Waals surface area contributed by atoms with E-state index >= 15 is 0 Å². The molecule has 4 nitrogen and oxygen atoms in total. The van der Waals surface area contributed by atoms with Crippen LogP contribution < -0.4 is 5.32 Å². The number of hydrogen-bond donors (Lipinski definition) is 1. The van der Waals surface area contributed by atoms with Crippen molar-refractivity contribution in [2.24, 2.45) is 5.92 Å². The van der Waals surface area contributed by atoms with E-state index in [0.717, 1.165) is 26.1 Å². The minimum absolute atomic E-state index is 0.615. The van der Waals surface area contributed by atoms with Crippen molar-refractivity contribution in [1.82, 2.24) is 15.1 Å². The molecule has 1 aromatic heterocycles. The summed E-state index contributed by atoms with van der Waals surface area (Å²) in [4.78, 5) is 0. The van der Waals surface area contributed by atoms with Crippen molar-refractivity contribution in [2.75, 3.05) is 26.8 Å². The quantitative estimate of drug-likeness (QED) is 0.734. The zero-order chi connectivity index (χ0) is 13.5. The first-order valence-electron chi connectivity index (χ1n) is 7.53. The second-order valence-corrected chi connectivity index (χ2v) is 5.73. The summed E-state index contributed by atoms with van der Waals surface area (Å²) in [6, 6.07) is 2.84. The van der Waals surface area contributed by atoms with Gasteiger partial charge >= 0.3 is 0 Å². The first-order chi connectivity index (χ1) is 9.29. The normalized spacial score (nSPS) is 18.0. The molecule has 1 heterocycles. The fraction of sp³-hybridized carbons (Fsp3) is 0.800. The van der Waals surface area contributed by atoms with Gasteiger partial charge in [0.25, 0.3) is 0 Å². The van der Waals surface area contributed by atoms with Gasteiger partial charge in [-0.3, -0.25) is 4.68 Å². The van der Waals surface area contributed by atoms with Crippen molar-refractivity contribution in [3.05, 3.63) is 18.0 Å². The molecule has 1 N–H and O–H groups in total. The topological polar surface area (TPSA) is 39.1 Å². The number of methoxy groups -OCH3 is 1. The summed E-state index contributed by atoms with van der Waals surface area (Å²) < 4.78 is 7.21. The van der Waals surface area contributed by atoms with Crippen LogP contribution in [-0.4, -0.2) is 36.6 Å². The third kappa shape index (κ3) is 4.62. The van der Waals surface area contributed by atoms with Crippen LogP contribution in [-0.2, 0) is 11.2 Å². The molecule has 19 heavy (non-hydrogen) atoms. The number of aromatic nitrogens is 2. The molecule has 108 valence electrons. The number of nitrogens with one attached hydrogen (secondary N) is 1. The van der Waals surface area contributed by atoms with E-state index in [4.69, 9.17) is 9.84 Å². The van der Waals surface area contributed by atoms with E-state index < -0.39 is 0 Å². The molecule has 0 saturated heterocycles. The molecule has 1 aliphatic carbocycles. The van der Waals surface area contributed by atoms with Gasteiger partial charge in [0.05, 0.1) is 18.3 Å². The van der Waals surface area contributed by atoms with E-state index in [1.807, 2.05) is 0 Å². The van der Waals surface area contributed by atoms with E-state index in [1.54, 1.807) is 7.11 Å². The lowest BCUT2D eigenvalue weighted by Gasteiger charge is -2.12. The predicted octanol–water partition coefficient (Wildman–Crippen LogP) is 2.41. The molecule has 0 radical (unpaired) electrons. The lowest BCUT2D eigenvalue weighted by atomic mass is 10.1. The molecule has 0 aliphatic heterocycles. The molecule has 0 bridgehead atoms. The lowest BCUT2D eigenvalue weighted by molar-refractivity contribution is 0.198. The molecule has 0 aromatic carbocycles. The minimum Gasteiger partial charge on any atom is -0.383 e. The average molecular weight is 265 g/mol. The summed E-state index contributed by atoms with van der Waals surface area (Å²) in [5, 5.41) is 8.15. The average Bonchev–Trinajstić information content (AvgIpc) is 3.04. The fourth-order valence-electron chi connectivity index (χ4n) is 2.81. The van der Waals surface area contributed by atoms with Crippen LogP contribution in [0.5, 0.6) is 0 Å². The smallest absolute Gasteiger partial charge is 0.0627 e. The highest BCUT2D eigenvalue weighted by atomic mass is 16.5. The zero-order valence-electron chi connectivity index (χ0n) is 12.3. The van der Waals surface area contributed by atoms with Gasteiger partial charge in [-0.1, -0.05) is 19.8 Å². The third-order valence-corrected chi connectivity index (χ3v) is 3.90. The second kappa shape index (κ2) is 7.65. The highest BCUT2D eigenvalue weighted by Crippen LogP contribution is 2.28. The Labute approximate surface area is 116 Å². The maximum Gasteiger partial charge on any atom is 0.0627 e. The standard InChI is InChI=1S/C15H27N3O/c1-13(12-16-8-10-19-2)11-14-7-9-18(17-14)15-5-3-4-6-15/h7,9,13,15-16H,3-6,8,10-12H2,1-2H3. The van der Waals surface area contributed by atoms with E-state index in [0.29, 0.717) is 12.0 Å². The number of rotatable bonds is 8. The maximum atomic E-state index is 5.02. The summed E-state index contributed by atoms with van der Waals surface area (Å²) >= 11 is 0. The van der Waals surface area contributed by atoms with Crippen molar-refractivity contribution in [2.45, 2.75) is 45.1 Å². The Kier molecular flexibility index (Phi) is 5.86. The molecule has 1 fully saturated rings. The van der Waals surface area contributed by atoms with Gasteiger partial charge in [0, 0.05) is 19.9 Å². The van der Waals surface area contributed by atoms with Crippen LogP contribution in [0, 0.1) is 5.92 Å². The molecular weight excluding hydrogens is 238 g/mol. The Morgan fingerprint density at radius 3 is 3.00 bits per heavy atom. The summed E-state index contributed by atoms with van der Waals surface area (Å²) in [5.41, 5.74) is 1.23. The Morgan fingerprint density at radius 2 is 2.26 bits per heavy atom. The van der Waals surface area contributed by atoms with Crippen LogP contribution in [0.25, 0.3) is 0 Å². The SMILES string of the molecule is COCCNCC(C)Cc1ccn(C2CCCC2)n1. The molecule has 1 atom stereocenters. The summed E-state index contributed by atoms with van der Waals surface area (Å²) in [6.07, 6.45) is 8.54. The lowest BCUT2D eigenvalue weighted by Crippen LogP contribution is -2.25. The largest absolute Gasteiger partial charge is 0.383 e. The Hall–Kier alpha value is -0.870. The highest BCUT2D eigenvalue weighted by molar-refractivity contribution is 5.01. The predicted molar refractivity (Wildman–Crippen MR) is 77.3 cm³/mol. The first-order valence-corrected chi connectivity index (χ1v) is 7.53. The molecule has 1 aromatic rings. The van der Waals surface area contributed by atoms with Gasteiger partial charge in [-0.15, -0.1) is 0 Å². The number of nitrogens with zero attached hydrogens (tertiary/aromatic N) is 2. The van der Waals surface area contributed by atoms with Crippen molar-refractivity contribution in [3.8, 4) is 0 Å². The maximum absolute atomic E-state index is 5.02. The monoisotopic (exact) mass is 265 g/mol. The van der Waals surface area contributed by atoms with E-state index in [2.05, 4.69) is 29.2 Å². The van der Waals surface area contributed by atoms with Gasteiger partial charge in [-0.25, -0.2) is 0 Å². The number of ether oxygens (including phenoxy) is 1. The molecule has 0 spiro atoms. The Bertz CT molecular complexity index is 358. The summed E-state index contributed by atoms with van der Waals surface area (Å²) in [7, 11) is 1.74. The molecule has 1 unspecified atom stereocenters. The number of hydrogen-bond acceptors (Lipinski definition) is 3. The van der Waals surface area contributed by atoms with Crippen molar-refractivity contribution in [3.63, 3.8) is 0 Å². The molecule has 1 aliphatic rings. The third-order valence-electron chi connectivity index (χ3n) is 3.90. The minimum atomic E-state index is 0.615. The van der Waals surface area contributed by atoms with Gasteiger partial charge in [-0.05, 0) is 37.8 Å². The fourth-order valence-corrected chi connectivity index (χ4v) is 2.81.